The number of rotatable bonds is 53. The van der Waals surface area contributed by atoms with Crippen molar-refractivity contribution in [1.82, 2.24) is 5.32 Å². The van der Waals surface area contributed by atoms with Gasteiger partial charge in [-0.05, 0) is 64.2 Å². The molecule has 0 saturated heterocycles. The van der Waals surface area contributed by atoms with Crippen molar-refractivity contribution in [1.29, 1.82) is 0 Å². The Morgan fingerprint density at radius 3 is 1.20 bits per heavy atom. The lowest BCUT2D eigenvalue weighted by Crippen LogP contribution is -2.45. The van der Waals surface area contributed by atoms with Gasteiger partial charge in [0.1, 0.15) is 0 Å². The van der Waals surface area contributed by atoms with Gasteiger partial charge in [0.15, 0.2) is 0 Å². The van der Waals surface area contributed by atoms with Gasteiger partial charge < -0.3 is 20.3 Å². The molecule has 3 N–H and O–H groups in total. The zero-order valence-electron chi connectivity index (χ0n) is 43.5. The van der Waals surface area contributed by atoms with Crippen molar-refractivity contribution in [2.75, 3.05) is 13.2 Å². The van der Waals surface area contributed by atoms with Crippen molar-refractivity contribution in [3.05, 3.63) is 36.5 Å². The first-order chi connectivity index (χ1) is 32.0. The minimum absolute atomic E-state index is 0.0112. The summed E-state index contributed by atoms with van der Waals surface area (Å²) in [6.07, 6.45) is 67.2. The maximum Gasteiger partial charge on any atom is 0.305 e. The van der Waals surface area contributed by atoms with Crippen molar-refractivity contribution in [2.45, 2.75) is 315 Å². The Kier molecular flexibility index (Phi) is 53.1. The number of allylic oxidation sites excluding steroid dienone is 5. The smallest absolute Gasteiger partial charge is 0.305 e. The van der Waals surface area contributed by atoms with Crippen molar-refractivity contribution in [3.8, 4) is 0 Å². The molecule has 0 heterocycles. The largest absolute Gasteiger partial charge is 0.466 e. The van der Waals surface area contributed by atoms with E-state index in [0.29, 0.717) is 19.4 Å². The van der Waals surface area contributed by atoms with E-state index in [1.54, 1.807) is 6.08 Å². The minimum atomic E-state index is -0.852. The molecular formula is C59H111NO5. The average molecular weight is 915 g/mol. The van der Waals surface area contributed by atoms with Gasteiger partial charge in [0, 0.05) is 12.8 Å². The monoisotopic (exact) mass is 914 g/mol. The lowest BCUT2D eigenvalue weighted by Gasteiger charge is -2.20. The quantitative estimate of drug-likeness (QED) is 0.0321. The number of carbonyl (C=O) groups excluding carboxylic acids is 2. The summed E-state index contributed by atoms with van der Waals surface area (Å²) in [5, 5.41) is 23.1. The van der Waals surface area contributed by atoms with Crippen molar-refractivity contribution in [3.63, 3.8) is 0 Å². The number of amides is 1. The topological polar surface area (TPSA) is 95.9 Å². The predicted molar refractivity (Wildman–Crippen MR) is 283 cm³/mol. The van der Waals surface area contributed by atoms with Gasteiger partial charge in [-0.15, -0.1) is 0 Å². The molecule has 0 aliphatic heterocycles. The molecule has 0 rings (SSSR count). The van der Waals surface area contributed by atoms with Crippen LogP contribution in [-0.2, 0) is 14.3 Å². The summed E-state index contributed by atoms with van der Waals surface area (Å²) in [5.41, 5.74) is 0. The van der Waals surface area contributed by atoms with Crippen LogP contribution < -0.4 is 5.32 Å². The Morgan fingerprint density at radius 1 is 0.431 bits per heavy atom. The van der Waals surface area contributed by atoms with E-state index in [-0.39, 0.29) is 18.5 Å². The number of hydrogen-bond acceptors (Lipinski definition) is 5. The first kappa shape index (κ1) is 63.1. The molecule has 0 aromatic rings. The van der Waals surface area contributed by atoms with E-state index in [1.807, 2.05) is 6.08 Å². The van der Waals surface area contributed by atoms with Crippen molar-refractivity contribution in [2.24, 2.45) is 0 Å². The van der Waals surface area contributed by atoms with E-state index in [9.17, 15) is 19.8 Å². The fourth-order valence-corrected chi connectivity index (χ4v) is 8.72. The van der Waals surface area contributed by atoms with E-state index < -0.39 is 12.1 Å². The standard InChI is InChI=1S/C59H111NO5/c1-3-5-7-9-11-13-15-17-19-21-23-27-31-35-39-43-47-51-57(62)56(55-61)60-58(63)52-48-44-40-36-32-28-25-26-30-34-38-42-46-50-54-65-59(64)53-49-45-41-37-33-29-24-22-20-18-16-14-12-10-8-6-4-2/h12,14,18,20,47,51,56-57,61-62H,3-11,13,15-17,19,21-46,48-50,52-55H2,1-2H3,(H,60,63)/b14-12-,20-18-,51-47+. The van der Waals surface area contributed by atoms with Crippen LogP contribution in [-0.4, -0.2) is 47.4 Å². The highest BCUT2D eigenvalue weighted by Gasteiger charge is 2.18. The van der Waals surface area contributed by atoms with Crippen LogP contribution in [0.5, 0.6) is 0 Å². The summed E-state index contributed by atoms with van der Waals surface area (Å²) in [7, 11) is 0. The molecule has 0 saturated carbocycles. The Bertz CT molecular complexity index is 1060. The van der Waals surface area contributed by atoms with Gasteiger partial charge in [-0.2, -0.15) is 0 Å². The summed E-state index contributed by atoms with van der Waals surface area (Å²) in [6.45, 7) is 4.86. The highest BCUT2D eigenvalue weighted by atomic mass is 16.5. The van der Waals surface area contributed by atoms with Crippen LogP contribution in [0.4, 0.5) is 0 Å². The number of carbonyl (C=O) groups is 2. The summed E-state index contributed by atoms with van der Waals surface area (Å²) in [6, 6.07) is -0.637. The Labute approximate surface area is 404 Å². The zero-order chi connectivity index (χ0) is 47.2. The van der Waals surface area contributed by atoms with Crippen LogP contribution in [0.15, 0.2) is 36.5 Å². The first-order valence-corrected chi connectivity index (χ1v) is 28.8. The van der Waals surface area contributed by atoms with E-state index in [2.05, 4.69) is 43.5 Å². The minimum Gasteiger partial charge on any atom is -0.466 e. The number of ether oxygens (including phenoxy) is 1. The van der Waals surface area contributed by atoms with Crippen molar-refractivity contribution < 1.29 is 24.5 Å². The van der Waals surface area contributed by atoms with Crippen LogP contribution in [0, 0.1) is 0 Å². The highest BCUT2D eigenvalue weighted by molar-refractivity contribution is 5.76. The number of nitrogens with one attached hydrogen (secondary N) is 1. The molecule has 0 aromatic heterocycles. The molecule has 0 radical (unpaired) electrons. The number of esters is 1. The second-order valence-electron chi connectivity index (χ2n) is 19.6. The molecule has 0 aliphatic rings. The van der Waals surface area contributed by atoms with E-state index in [0.717, 1.165) is 64.2 Å². The second-order valence-corrected chi connectivity index (χ2v) is 19.6. The highest BCUT2D eigenvalue weighted by Crippen LogP contribution is 2.16. The third-order valence-corrected chi connectivity index (χ3v) is 13.2. The Hall–Kier alpha value is -1.92. The van der Waals surface area contributed by atoms with Crippen LogP contribution in [0.1, 0.15) is 303 Å². The number of aliphatic hydroxyl groups is 2. The Morgan fingerprint density at radius 2 is 0.769 bits per heavy atom. The van der Waals surface area contributed by atoms with Crippen molar-refractivity contribution >= 4 is 11.9 Å². The lowest BCUT2D eigenvalue weighted by molar-refractivity contribution is -0.143. The van der Waals surface area contributed by atoms with E-state index >= 15 is 0 Å². The summed E-state index contributed by atoms with van der Waals surface area (Å²) >= 11 is 0. The summed E-state index contributed by atoms with van der Waals surface area (Å²) < 4.78 is 5.47. The number of aliphatic hydroxyl groups excluding tert-OH is 2. The summed E-state index contributed by atoms with van der Waals surface area (Å²) in [4.78, 5) is 24.5. The molecular weight excluding hydrogens is 803 g/mol. The van der Waals surface area contributed by atoms with Gasteiger partial charge in [-0.3, -0.25) is 9.59 Å². The normalized spacial score (nSPS) is 12.9. The summed E-state index contributed by atoms with van der Waals surface area (Å²) in [5.74, 6) is -0.0889. The molecule has 2 unspecified atom stereocenters. The molecule has 382 valence electrons. The molecule has 65 heavy (non-hydrogen) atoms. The van der Waals surface area contributed by atoms with Crippen LogP contribution in [0.2, 0.25) is 0 Å². The van der Waals surface area contributed by atoms with E-state index in [1.165, 1.54) is 212 Å². The zero-order valence-corrected chi connectivity index (χ0v) is 43.5. The fraction of sp³-hybridized carbons (Fsp3) is 0.864. The molecule has 6 nitrogen and oxygen atoms in total. The molecule has 0 spiro atoms. The average Bonchev–Trinajstić information content (AvgIpc) is 3.31. The van der Waals surface area contributed by atoms with Gasteiger partial charge in [-0.1, -0.05) is 262 Å². The maximum atomic E-state index is 12.5. The number of hydrogen-bond donors (Lipinski definition) is 3. The van der Waals surface area contributed by atoms with Gasteiger partial charge in [-0.25, -0.2) is 0 Å². The van der Waals surface area contributed by atoms with Gasteiger partial charge >= 0.3 is 5.97 Å². The lowest BCUT2D eigenvalue weighted by atomic mass is 10.0. The molecule has 6 heteroatoms. The molecule has 2 atom stereocenters. The Balaban J connectivity index is 3.47. The van der Waals surface area contributed by atoms with Gasteiger partial charge in [0.2, 0.25) is 5.91 Å². The fourth-order valence-electron chi connectivity index (χ4n) is 8.72. The van der Waals surface area contributed by atoms with Gasteiger partial charge in [0.25, 0.3) is 0 Å². The SMILES string of the molecule is CCCCC/C=C\C/C=C\CCCCCCCCCC(=O)OCCCCCCCCCCCCCCCCC(=O)NC(CO)C(O)/C=C/CCCCCCCCCCCCCCCCC. The third kappa shape index (κ3) is 51.3. The maximum absolute atomic E-state index is 12.5. The molecule has 0 fully saturated rings. The predicted octanol–water partition coefficient (Wildman–Crippen LogP) is 17.6. The second kappa shape index (κ2) is 54.7. The molecule has 1 amide bonds. The van der Waals surface area contributed by atoms with Crippen LogP contribution >= 0.6 is 0 Å². The van der Waals surface area contributed by atoms with Crippen LogP contribution in [0.3, 0.4) is 0 Å². The molecule has 0 aliphatic carbocycles. The molecule has 0 bridgehead atoms. The van der Waals surface area contributed by atoms with Gasteiger partial charge in [0.05, 0.1) is 25.4 Å². The third-order valence-electron chi connectivity index (χ3n) is 13.2. The molecule has 0 aromatic carbocycles. The van der Waals surface area contributed by atoms with Crippen LogP contribution in [0.25, 0.3) is 0 Å². The van der Waals surface area contributed by atoms with E-state index in [4.69, 9.17) is 4.74 Å². The first-order valence-electron chi connectivity index (χ1n) is 28.8. The number of unbranched alkanes of at least 4 members (excludes halogenated alkanes) is 38.